The largest absolute Gasteiger partial charge is 0.508 e. The van der Waals surface area contributed by atoms with Crippen LogP contribution in [0.5, 0.6) is 34.5 Å². The van der Waals surface area contributed by atoms with Crippen LogP contribution in [0.1, 0.15) is 33.7 Å². The molecule has 1 aliphatic rings. The predicted molar refractivity (Wildman–Crippen MR) is 150 cm³/mol. The molecule has 0 fully saturated rings. The Morgan fingerprint density at radius 1 is 0.767 bits per heavy atom. The fourth-order valence-electron chi connectivity index (χ4n) is 4.48. The third-order valence-electron chi connectivity index (χ3n) is 6.44. The summed E-state index contributed by atoms with van der Waals surface area (Å²) in [6, 6.07) is 12.8. The van der Waals surface area contributed by atoms with E-state index in [0.717, 1.165) is 18.2 Å². The van der Waals surface area contributed by atoms with Gasteiger partial charge in [-0.3, -0.25) is 0 Å². The average molecular weight is 602 g/mol. The number of carbonyl (C=O) groups is 1. The summed E-state index contributed by atoms with van der Waals surface area (Å²) in [6.07, 6.45) is -3.66. The molecule has 0 radical (unpaired) electrons. The van der Waals surface area contributed by atoms with Gasteiger partial charge in [-0.1, -0.05) is 18.2 Å². The zero-order valence-corrected chi connectivity index (χ0v) is 23.3. The number of benzene rings is 3. The van der Waals surface area contributed by atoms with Crippen molar-refractivity contribution in [2.75, 3.05) is 52.8 Å². The van der Waals surface area contributed by atoms with Gasteiger partial charge in [-0.15, -0.1) is 0 Å². The summed E-state index contributed by atoms with van der Waals surface area (Å²) >= 11 is 0. The number of nitrogens with two attached hydrogens (primary N) is 1. The number of phenolic OH excluding ortho intramolecular Hbond substituents is 5. The Hall–Kier alpha value is -4.27. The van der Waals surface area contributed by atoms with Crippen molar-refractivity contribution in [3.8, 4) is 34.5 Å². The molecule has 4 rings (SSSR count). The minimum atomic E-state index is -1.28. The molecule has 1 heterocycles. The van der Waals surface area contributed by atoms with E-state index in [1.807, 2.05) is 0 Å². The highest BCUT2D eigenvalue weighted by atomic mass is 16.6. The molecule has 7 N–H and O–H groups in total. The fraction of sp³-hybridized carbons (Fsp3) is 0.367. The molecule has 232 valence electrons. The fourth-order valence-corrected chi connectivity index (χ4v) is 4.48. The molecule has 0 aliphatic carbocycles. The van der Waals surface area contributed by atoms with Crippen molar-refractivity contribution >= 4 is 5.97 Å². The molecule has 0 spiro atoms. The molecule has 43 heavy (non-hydrogen) atoms. The van der Waals surface area contributed by atoms with Crippen LogP contribution in [0.25, 0.3) is 0 Å². The lowest BCUT2D eigenvalue weighted by molar-refractivity contribution is -0.118. The molecule has 3 aromatic carbocycles. The first-order valence-electron chi connectivity index (χ1n) is 13.6. The van der Waals surface area contributed by atoms with Gasteiger partial charge in [-0.05, 0) is 24.3 Å². The van der Waals surface area contributed by atoms with Crippen molar-refractivity contribution in [2.45, 2.75) is 18.3 Å². The van der Waals surface area contributed by atoms with E-state index in [1.54, 1.807) is 30.3 Å². The lowest BCUT2D eigenvalue weighted by atomic mass is 9.90. The van der Waals surface area contributed by atoms with Crippen LogP contribution in [0, 0.1) is 0 Å². The minimum absolute atomic E-state index is 0.0117. The summed E-state index contributed by atoms with van der Waals surface area (Å²) < 4.78 is 34.3. The number of carbonyl (C=O) groups excluding carboxylic acids is 1. The van der Waals surface area contributed by atoms with Crippen LogP contribution >= 0.6 is 0 Å². The van der Waals surface area contributed by atoms with E-state index in [2.05, 4.69) is 0 Å². The van der Waals surface area contributed by atoms with Crippen LogP contribution in [0.2, 0.25) is 0 Å². The summed E-state index contributed by atoms with van der Waals surface area (Å²) in [5.41, 5.74) is 5.81. The lowest BCUT2D eigenvalue weighted by Crippen LogP contribution is -2.40. The Morgan fingerprint density at radius 3 is 2.00 bits per heavy atom. The molecule has 0 bridgehead atoms. The Labute approximate surface area is 247 Å². The average Bonchev–Trinajstić information content (AvgIpc) is 2.99. The topological polar surface area (TPSA) is 200 Å². The van der Waals surface area contributed by atoms with E-state index in [1.165, 1.54) is 6.07 Å². The monoisotopic (exact) mass is 601 g/mol. The zero-order chi connectivity index (χ0) is 30.8. The summed E-state index contributed by atoms with van der Waals surface area (Å²) in [5.74, 6) is -3.43. The van der Waals surface area contributed by atoms with Gasteiger partial charge in [0.25, 0.3) is 0 Å². The highest BCUT2D eigenvalue weighted by Crippen LogP contribution is 2.51. The molecular weight excluding hydrogens is 566 g/mol. The van der Waals surface area contributed by atoms with Gasteiger partial charge in [0.2, 0.25) is 0 Å². The number of esters is 1. The molecule has 1 aliphatic heterocycles. The maximum Gasteiger partial charge on any atom is 0.338 e. The highest BCUT2D eigenvalue weighted by molar-refractivity contribution is 5.89. The summed E-state index contributed by atoms with van der Waals surface area (Å²) in [7, 11) is 0. The molecule has 0 amide bonds. The Kier molecular flexibility index (Phi) is 11.2. The quantitative estimate of drug-likeness (QED) is 0.0845. The van der Waals surface area contributed by atoms with E-state index >= 15 is 0 Å². The first-order chi connectivity index (χ1) is 20.8. The van der Waals surface area contributed by atoms with Crippen LogP contribution in [-0.4, -0.2) is 90.4 Å². The molecule has 0 aromatic heterocycles. The van der Waals surface area contributed by atoms with Gasteiger partial charge in [0.15, 0.2) is 29.5 Å². The van der Waals surface area contributed by atoms with Gasteiger partial charge in [-0.2, -0.15) is 0 Å². The molecule has 13 nitrogen and oxygen atoms in total. The molecule has 13 heteroatoms. The van der Waals surface area contributed by atoms with E-state index in [4.69, 9.17) is 34.2 Å². The van der Waals surface area contributed by atoms with E-state index in [9.17, 15) is 30.3 Å². The van der Waals surface area contributed by atoms with Gasteiger partial charge in [0.05, 0.1) is 57.4 Å². The SMILES string of the molecule is NCCOCCOCCOCCOC1c2c(O)cc(O)cc2OC(c2cc(O)c(O)c(O)c2)C1OC(=O)c1ccccc1. The van der Waals surface area contributed by atoms with Gasteiger partial charge in [-0.25, -0.2) is 4.79 Å². The molecule has 3 atom stereocenters. The number of hydrogen-bond donors (Lipinski definition) is 6. The second kappa shape index (κ2) is 15.3. The van der Waals surface area contributed by atoms with Crippen molar-refractivity contribution in [3.63, 3.8) is 0 Å². The molecular formula is C30H35NO12. The zero-order valence-electron chi connectivity index (χ0n) is 23.3. The maximum absolute atomic E-state index is 13.2. The summed E-state index contributed by atoms with van der Waals surface area (Å²) in [4.78, 5) is 13.2. The number of phenols is 5. The van der Waals surface area contributed by atoms with Crippen molar-refractivity contribution < 1.29 is 58.7 Å². The second-order valence-corrected chi connectivity index (χ2v) is 9.48. The number of fused-ring (bicyclic) bond motifs is 1. The smallest absolute Gasteiger partial charge is 0.338 e. The van der Waals surface area contributed by atoms with Crippen molar-refractivity contribution in [1.29, 1.82) is 0 Å². The number of hydrogen-bond acceptors (Lipinski definition) is 13. The first kappa shape index (κ1) is 31.7. The number of aromatic hydroxyl groups is 5. The Morgan fingerprint density at radius 2 is 1.37 bits per heavy atom. The molecule has 0 saturated heterocycles. The maximum atomic E-state index is 13.2. The van der Waals surface area contributed by atoms with Gasteiger partial charge in [0, 0.05) is 24.2 Å². The summed E-state index contributed by atoms with van der Waals surface area (Å²) in [5, 5.41) is 51.2. The van der Waals surface area contributed by atoms with Crippen molar-refractivity contribution in [1.82, 2.24) is 0 Å². The second-order valence-electron chi connectivity index (χ2n) is 9.48. The lowest BCUT2D eigenvalue weighted by Gasteiger charge is -2.39. The Balaban J connectivity index is 1.56. The van der Waals surface area contributed by atoms with E-state index in [0.29, 0.717) is 33.0 Å². The molecule has 3 aromatic rings. The van der Waals surface area contributed by atoms with Crippen LogP contribution in [-0.2, 0) is 23.7 Å². The van der Waals surface area contributed by atoms with E-state index < -0.39 is 41.5 Å². The molecule has 3 unspecified atom stereocenters. The van der Waals surface area contributed by atoms with Crippen molar-refractivity contribution in [3.05, 3.63) is 71.3 Å². The van der Waals surface area contributed by atoms with Crippen LogP contribution in [0.4, 0.5) is 0 Å². The third kappa shape index (κ3) is 8.18. The number of ether oxygens (including phenoxy) is 6. The molecule has 0 saturated carbocycles. The highest BCUT2D eigenvalue weighted by Gasteiger charge is 2.45. The van der Waals surface area contributed by atoms with Gasteiger partial charge < -0.3 is 59.7 Å². The van der Waals surface area contributed by atoms with Crippen LogP contribution in [0.15, 0.2) is 54.6 Å². The first-order valence-corrected chi connectivity index (χ1v) is 13.6. The normalized spacial score (nSPS) is 17.7. The van der Waals surface area contributed by atoms with Crippen molar-refractivity contribution in [2.24, 2.45) is 5.73 Å². The minimum Gasteiger partial charge on any atom is -0.508 e. The third-order valence-corrected chi connectivity index (χ3v) is 6.44. The summed E-state index contributed by atoms with van der Waals surface area (Å²) in [6.45, 7) is 2.40. The number of rotatable bonds is 15. The van der Waals surface area contributed by atoms with Gasteiger partial charge >= 0.3 is 5.97 Å². The standard InChI is InChI=1S/C30H35NO12/c31-6-7-38-8-9-39-10-11-40-12-13-41-28-25-21(33)16-20(32)17-24(25)42-27(19-14-22(34)26(36)23(35)15-19)29(28)43-30(37)18-4-2-1-3-5-18/h1-5,14-17,27-29,32-36H,6-13,31H2. The van der Waals surface area contributed by atoms with Gasteiger partial charge in [0.1, 0.15) is 23.4 Å². The Bertz CT molecular complexity index is 1330. The van der Waals surface area contributed by atoms with Crippen LogP contribution < -0.4 is 10.5 Å². The predicted octanol–water partition coefficient (Wildman–Crippen LogP) is 2.64. The van der Waals surface area contributed by atoms with Crippen LogP contribution in [0.3, 0.4) is 0 Å². The van der Waals surface area contributed by atoms with E-state index in [-0.39, 0.29) is 53.8 Å².